The summed E-state index contributed by atoms with van der Waals surface area (Å²) in [5.74, 6) is -0.182. The Balaban J connectivity index is 1.66. The van der Waals surface area contributed by atoms with Crippen molar-refractivity contribution in [1.29, 1.82) is 0 Å². The second-order valence-electron chi connectivity index (χ2n) is 4.98. The predicted octanol–water partition coefficient (Wildman–Crippen LogP) is 3.53. The number of benzene rings is 2. The highest BCUT2D eigenvalue weighted by molar-refractivity contribution is 5.95. The first-order valence-corrected chi connectivity index (χ1v) is 6.82. The standard InChI is InChI=1S/C16H12F3NO3/c17-16(18,19)23-12-6-3-5-11(9-12)20-15(21)14-8-10-4-1-2-7-13(10)22-14/h1-7,9,14H,8H2,(H,20,21)/t14-/m1/s1. The van der Waals surface area contributed by atoms with E-state index in [-0.39, 0.29) is 5.69 Å². The number of rotatable bonds is 3. The van der Waals surface area contributed by atoms with Crippen LogP contribution in [0.25, 0.3) is 0 Å². The molecule has 0 bridgehead atoms. The van der Waals surface area contributed by atoms with Crippen molar-refractivity contribution in [2.45, 2.75) is 18.9 Å². The molecule has 2 aromatic carbocycles. The van der Waals surface area contributed by atoms with Crippen LogP contribution in [-0.2, 0) is 11.2 Å². The lowest BCUT2D eigenvalue weighted by Gasteiger charge is -2.13. The Labute approximate surface area is 129 Å². The first kappa shape index (κ1) is 15.2. The van der Waals surface area contributed by atoms with E-state index in [0.717, 1.165) is 17.7 Å². The molecule has 120 valence electrons. The summed E-state index contributed by atoms with van der Waals surface area (Å²) in [4.78, 5) is 12.2. The van der Waals surface area contributed by atoms with E-state index in [9.17, 15) is 18.0 Å². The largest absolute Gasteiger partial charge is 0.573 e. The molecule has 1 aliphatic heterocycles. The van der Waals surface area contributed by atoms with Gasteiger partial charge in [-0.2, -0.15) is 0 Å². The number of carbonyl (C=O) groups excluding carboxylic acids is 1. The molecule has 23 heavy (non-hydrogen) atoms. The summed E-state index contributed by atoms with van der Waals surface area (Å²) in [6.45, 7) is 0. The van der Waals surface area contributed by atoms with Gasteiger partial charge >= 0.3 is 6.36 Å². The van der Waals surface area contributed by atoms with Crippen molar-refractivity contribution in [2.75, 3.05) is 5.32 Å². The van der Waals surface area contributed by atoms with E-state index in [1.165, 1.54) is 12.1 Å². The summed E-state index contributed by atoms with van der Waals surface area (Å²) in [6.07, 6.45) is -5.07. The van der Waals surface area contributed by atoms with Crippen LogP contribution in [0.3, 0.4) is 0 Å². The third-order valence-electron chi connectivity index (χ3n) is 3.27. The molecular weight excluding hydrogens is 311 g/mol. The number of fused-ring (bicyclic) bond motifs is 1. The van der Waals surface area contributed by atoms with Crippen molar-refractivity contribution in [3.05, 3.63) is 54.1 Å². The topological polar surface area (TPSA) is 47.6 Å². The second kappa shape index (κ2) is 5.83. The lowest BCUT2D eigenvalue weighted by Crippen LogP contribution is -2.31. The van der Waals surface area contributed by atoms with Crippen LogP contribution >= 0.6 is 0 Å². The van der Waals surface area contributed by atoms with Gasteiger partial charge in [0, 0.05) is 18.2 Å². The molecule has 1 amide bonds. The zero-order valence-corrected chi connectivity index (χ0v) is 11.8. The zero-order chi connectivity index (χ0) is 16.4. The van der Waals surface area contributed by atoms with Crippen molar-refractivity contribution >= 4 is 11.6 Å². The van der Waals surface area contributed by atoms with Gasteiger partial charge in [-0.25, -0.2) is 0 Å². The molecular formula is C16H12F3NO3. The maximum absolute atomic E-state index is 12.2. The van der Waals surface area contributed by atoms with Crippen LogP contribution in [0.5, 0.6) is 11.5 Å². The molecule has 1 atom stereocenters. The molecule has 0 fully saturated rings. The molecule has 1 N–H and O–H groups in total. The number of ether oxygens (including phenoxy) is 2. The predicted molar refractivity (Wildman–Crippen MR) is 76.3 cm³/mol. The molecule has 0 radical (unpaired) electrons. The smallest absolute Gasteiger partial charge is 0.480 e. The fraction of sp³-hybridized carbons (Fsp3) is 0.188. The normalized spacial score (nSPS) is 16.4. The lowest BCUT2D eigenvalue weighted by molar-refractivity contribution is -0.274. The Morgan fingerprint density at radius 1 is 1.17 bits per heavy atom. The van der Waals surface area contributed by atoms with E-state index in [4.69, 9.17) is 4.74 Å². The number of anilines is 1. The Hall–Kier alpha value is -2.70. The van der Waals surface area contributed by atoms with Crippen molar-refractivity contribution < 1.29 is 27.4 Å². The Bertz CT molecular complexity index is 706. The van der Waals surface area contributed by atoms with Crippen LogP contribution < -0.4 is 14.8 Å². The summed E-state index contributed by atoms with van der Waals surface area (Å²) in [5.41, 5.74) is 1.12. The first-order chi connectivity index (χ1) is 10.9. The average molecular weight is 323 g/mol. The molecule has 0 aliphatic carbocycles. The number of halogens is 3. The average Bonchev–Trinajstić information content (AvgIpc) is 2.90. The lowest BCUT2D eigenvalue weighted by atomic mass is 10.1. The van der Waals surface area contributed by atoms with Crippen LogP contribution in [0.15, 0.2) is 48.5 Å². The van der Waals surface area contributed by atoms with E-state index in [1.807, 2.05) is 12.1 Å². The van der Waals surface area contributed by atoms with Gasteiger partial charge in [0.05, 0.1) is 0 Å². The molecule has 3 rings (SSSR count). The molecule has 1 heterocycles. The molecule has 2 aromatic rings. The van der Waals surface area contributed by atoms with Gasteiger partial charge in [-0.05, 0) is 23.8 Å². The molecule has 0 unspecified atom stereocenters. The van der Waals surface area contributed by atoms with Gasteiger partial charge < -0.3 is 14.8 Å². The number of hydrogen-bond acceptors (Lipinski definition) is 3. The van der Waals surface area contributed by atoms with Crippen LogP contribution in [0.2, 0.25) is 0 Å². The summed E-state index contributed by atoms with van der Waals surface area (Å²) in [7, 11) is 0. The van der Waals surface area contributed by atoms with E-state index < -0.39 is 24.1 Å². The second-order valence-corrected chi connectivity index (χ2v) is 4.98. The van der Waals surface area contributed by atoms with E-state index in [0.29, 0.717) is 12.2 Å². The first-order valence-electron chi connectivity index (χ1n) is 6.82. The van der Waals surface area contributed by atoms with Gasteiger partial charge in [0.15, 0.2) is 6.10 Å². The molecule has 0 saturated heterocycles. The van der Waals surface area contributed by atoms with Gasteiger partial charge in [0.25, 0.3) is 5.91 Å². The van der Waals surface area contributed by atoms with Crippen LogP contribution in [-0.4, -0.2) is 18.4 Å². The fourth-order valence-electron chi connectivity index (χ4n) is 2.32. The van der Waals surface area contributed by atoms with Gasteiger partial charge in [0.2, 0.25) is 0 Å². The Morgan fingerprint density at radius 2 is 1.96 bits per heavy atom. The summed E-state index contributed by atoms with van der Waals surface area (Å²) in [5, 5.41) is 2.53. The third-order valence-corrected chi connectivity index (χ3v) is 3.27. The highest BCUT2D eigenvalue weighted by Crippen LogP contribution is 2.29. The summed E-state index contributed by atoms with van der Waals surface area (Å²) >= 11 is 0. The van der Waals surface area contributed by atoms with Gasteiger partial charge in [-0.1, -0.05) is 24.3 Å². The maximum Gasteiger partial charge on any atom is 0.573 e. The SMILES string of the molecule is O=C(Nc1cccc(OC(F)(F)F)c1)[C@H]1Cc2ccccc2O1. The van der Waals surface area contributed by atoms with Crippen LogP contribution in [0.1, 0.15) is 5.56 Å². The summed E-state index contributed by atoms with van der Waals surface area (Å²) in [6, 6.07) is 12.4. The van der Waals surface area contributed by atoms with Crippen molar-refractivity contribution in [3.8, 4) is 11.5 Å². The highest BCUT2D eigenvalue weighted by Gasteiger charge is 2.31. The Morgan fingerprint density at radius 3 is 2.70 bits per heavy atom. The highest BCUT2D eigenvalue weighted by atomic mass is 19.4. The van der Waals surface area contributed by atoms with Crippen molar-refractivity contribution in [1.82, 2.24) is 0 Å². The number of hydrogen-bond donors (Lipinski definition) is 1. The molecule has 0 spiro atoms. The van der Waals surface area contributed by atoms with E-state index >= 15 is 0 Å². The van der Waals surface area contributed by atoms with Crippen LogP contribution in [0, 0.1) is 0 Å². The van der Waals surface area contributed by atoms with Crippen LogP contribution in [0.4, 0.5) is 18.9 Å². The van der Waals surface area contributed by atoms with Gasteiger partial charge in [-0.3, -0.25) is 4.79 Å². The minimum atomic E-state index is -4.78. The molecule has 0 saturated carbocycles. The molecule has 1 aliphatic rings. The van der Waals surface area contributed by atoms with Gasteiger partial charge in [0.1, 0.15) is 11.5 Å². The monoisotopic (exact) mass is 323 g/mol. The summed E-state index contributed by atoms with van der Waals surface area (Å²) < 4.78 is 46.0. The van der Waals surface area contributed by atoms with Crippen molar-refractivity contribution in [3.63, 3.8) is 0 Å². The molecule has 0 aromatic heterocycles. The minimum absolute atomic E-state index is 0.205. The number of nitrogens with one attached hydrogen (secondary N) is 1. The molecule has 7 heteroatoms. The van der Waals surface area contributed by atoms with E-state index in [2.05, 4.69) is 10.1 Å². The van der Waals surface area contributed by atoms with Crippen molar-refractivity contribution in [2.24, 2.45) is 0 Å². The zero-order valence-electron chi connectivity index (χ0n) is 11.8. The number of carbonyl (C=O) groups is 1. The van der Waals surface area contributed by atoms with E-state index in [1.54, 1.807) is 12.1 Å². The minimum Gasteiger partial charge on any atom is -0.480 e. The third kappa shape index (κ3) is 3.74. The quantitative estimate of drug-likeness (QED) is 0.940. The number of alkyl halides is 3. The maximum atomic E-state index is 12.2. The molecule has 4 nitrogen and oxygen atoms in total. The number of para-hydroxylation sites is 1. The van der Waals surface area contributed by atoms with Gasteiger partial charge in [-0.15, -0.1) is 13.2 Å². The number of amides is 1. The fourth-order valence-corrected chi connectivity index (χ4v) is 2.32. The Kier molecular flexibility index (Phi) is 3.85.